The molecule has 11 N–H and O–H groups in total. The predicted octanol–water partition coefficient (Wildman–Crippen LogP) is 2.57. The number of hydrogen-bond acceptors (Lipinski definition) is 7. The van der Waals surface area contributed by atoms with Crippen LogP contribution in [0.25, 0.3) is 0 Å². The Morgan fingerprint density at radius 2 is 1.02 bits per heavy atom. The lowest BCUT2D eigenvalue weighted by atomic mass is 10.1. The van der Waals surface area contributed by atoms with Gasteiger partial charge in [-0.25, -0.2) is 4.79 Å². The zero-order valence-electron chi connectivity index (χ0n) is 22.6. The Morgan fingerprint density at radius 3 is 1.34 bits per heavy atom. The molecule has 3 aromatic carbocycles. The molecule has 0 saturated carbocycles. The van der Waals surface area contributed by atoms with Gasteiger partial charge in [0.25, 0.3) is 10.1 Å². The number of aryl methyl sites for hydroxylation is 1. The van der Waals surface area contributed by atoms with Gasteiger partial charge in [0.05, 0.1) is 16.3 Å². The third-order valence-electron chi connectivity index (χ3n) is 5.07. The SMILES string of the molecule is C/C(=N\N=C(N)N)c1ccc(NC(=O)Nc2ccc(/C(C)=N/N=C(N)N)cc2)cc1.Cc1ccc(S(=O)(=O)O)cc1. The maximum atomic E-state index is 12.2. The van der Waals surface area contributed by atoms with Crippen LogP contribution >= 0.6 is 0 Å². The molecule has 0 aliphatic rings. The minimum absolute atomic E-state index is 0.0666. The fourth-order valence-corrected chi connectivity index (χ4v) is 3.45. The molecule has 0 aromatic heterocycles. The zero-order chi connectivity index (χ0) is 30.6. The van der Waals surface area contributed by atoms with Crippen molar-refractivity contribution in [3.63, 3.8) is 0 Å². The van der Waals surface area contributed by atoms with Crippen LogP contribution in [-0.4, -0.2) is 42.3 Å². The molecule has 0 atom stereocenters. The molecular weight excluding hydrogens is 548 g/mol. The summed E-state index contributed by atoms with van der Waals surface area (Å²) in [5, 5.41) is 20.5. The molecule has 3 rings (SSSR count). The lowest BCUT2D eigenvalue weighted by Gasteiger charge is -2.09. The van der Waals surface area contributed by atoms with Gasteiger partial charge >= 0.3 is 6.03 Å². The molecule has 0 aliphatic carbocycles. The number of carbonyl (C=O) groups is 1. The molecule has 0 heterocycles. The highest BCUT2D eigenvalue weighted by atomic mass is 32.2. The highest BCUT2D eigenvalue weighted by Gasteiger charge is 2.07. The van der Waals surface area contributed by atoms with Crippen LogP contribution < -0.4 is 33.6 Å². The van der Waals surface area contributed by atoms with E-state index in [4.69, 9.17) is 27.5 Å². The van der Waals surface area contributed by atoms with Crippen LogP contribution in [0.15, 0.2) is 98.1 Å². The number of hydrogen-bond donors (Lipinski definition) is 7. The second kappa shape index (κ2) is 14.8. The topological polar surface area (TPSA) is 249 Å². The van der Waals surface area contributed by atoms with Gasteiger partial charge in [0, 0.05) is 11.4 Å². The molecule has 3 aromatic rings. The Balaban J connectivity index is 0.000000446. The van der Waals surface area contributed by atoms with Crippen molar-refractivity contribution in [2.45, 2.75) is 25.7 Å². The van der Waals surface area contributed by atoms with E-state index in [0.29, 0.717) is 22.8 Å². The molecule has 216 valence electrons. The third-order valence-corrected chi connectivity index (χ3v) is 5.94. The Labute approximate surface area is 237 Å². The average Bonchev–Trinajstić information content (AvgIpc) is 2.91. The highest BCUT2D eigenvalue weighted by Crippen LogP contribution is 2.14. The summed E-state index contributed by atoms with van der Waals surface area (Å²) in [7, 11) is -4.02. The number of nitrogens with one attached hydrogen (secondary N) is 2. The number of benzene rings is 3. The van der Waals surface area contributed by atoms with Crippen molar-refractivity contribution in [1.29, 1.82) is 0 Å². The first-order valence-electron chi connectivity index (χ1n) is 11.8. The van der Waals surface area contributed by atoms with Crippen LogP contribution in [0.1, 0.15) is 30.5 Å². The van der Waals surface area contributed by atoms with E-state index in [2.05, 4.69) is 31.0 Å². The molecule has 2 amide bonds. The first-order valence-corrected chi connectivity index (χ1v) is 13.3. The fraction of sp³-hybridized carbons (Fsp3) is 0.115. The standard InChI is InChI=1S/C19H24N10O.C7H8O3S/c1-11(26-28-17(20)21)13-3-7-15(8-4-13)24-19(30)25-16-9-5-14(6-10-16)12(2)27-29-18(22)23;1-6-2-4-7(5-3-6)11(8,9)10/h3-10H,1-2H3,(H4,20,21,28)(H4,22,23,29)(H2,24,25,30);2-5H,1H3,(H,8,9,10)/b26-11+,27-12+;. The summed E-state index contributed by atoms with van der Waals surface area (Å²) in [5.41, 5.74) is 26.1. The number of nitrogens with two attached hydrogens (primary N) is 4. The van der Waals surface area contributed by atoms with Crippen LogP contribution in [0.3, 0.4) is 0 Å². The van der Waals surface area contributed by atoms with Gasteiger partial charge in [-0.05, 0) is 68.3 Å². The van der Waals surface area contributed by atoms with E-state index < -0.39 is 10.1 Å². The second-order valence-corrected chi connectivity index (χ2v) is 9.86. The van der Waals surface area contributed by atoms with Crippen molar-refractivity contribution in [3.8, 4) is 0 Å². The Bertz CT molecular complexity index is 1470. The second-order valence-electron chi connectivity index (χ2n) is 8.44. The summed E-state index contributed by atoms with van der Waals surface area (Å²) >= 11 is 0. The molecule has 0 radical (unpaired) electrons. The van der Waals surface area contributed by atoms with E-state index in [9.17, 15) is 13.2 Å². The van der Waals surface area contributed by atoms with Crippen molar-refractivity contribution in [2.75, 3.05) is 10.6 Å². The predicted molar refractivity (Wildman–Crippen MR) is 163 cm³/mol. The average molecular weight is 581 g/mol. The van der Waals surface area contributed by atoms with Gasteiger partial charge in [0.15, 0.2) is 0 Å². The normalized spacial score (nSPS) is 11.4. The summed E-state index contributed by atoms with van der Waals surface area (Å²) < 4.78 is 29.6. The Hall–Kier alpha value is -5.28. The van der Waals surface area contributed by atoms with Gasteiger partial charge in [0.1, 0.15) is 0 Å². The maximum Gasteiger partial charge on any atom is 0.323 e. The molecule has 0 saturated heterocycles. The minimum atomic E-state index is -4.02. The zero-order valence-corrected chi connectivity index (χ0v) is 23.4. The van der Waals surface area contributed by atoms with Crippen molar-refractivity contribution < 1.29 is 17.8 Å². The molecule has 15 heteroatoms. The van der Waals surface area contributed by atoms with Crippen LogP contribution in [0.4, 0.5) is 16.2 Å². The van der Waals surface area contributed by atoms with E-state index >= 15 is 0 Å². The molecule has 41 heavy (non-hydrogen) atoms. The van der Waals surface area contributed by atoms with Gasteiger partial charge < -0.3 is 33.6 Å². The van der Waals surface area contributed by atoms with E-state index in [1.54, 1.807) is 74.5 Å². The monoisotopic (exact) mass is 580 g/mol. The summed E-state index contributed by atoms with van der Waals surface area (Å²) in [6, 6.07) is 19.8. The molecule has 0 spiro atoms. The summed E-state index contributed by atoms with van der Waals surface area (Å²) in [4.78, 5) is 12.1. The molecule has 0 bridgehead atoms. The number of amides is 2. The van der Waals surface area contributed by atoms with E-state index in [1.165, 1.54) is 12.1 Å². The van der Waals surface area contributed by atoms with Crippen LogP contribution in [0.5, 0.6) is 0 Å². The molecule has 0 aliphatic heterocycles. The van der Waals surface area contributed by atoms with Crippen molar-refractivity contribution >= 4 is 50.9 Å². The largest absolute Gasteiger partial charge is 0.369 e. The van der Waals surface area contributed by atoms with Gasteiger partial charge in [-0.1, -0.05) is 42.0 Å². The van der Waals surface area contributed by atoms with Crippen LogP contribution in [-0.2, 0) is 10.1 Å². The van der Waals surface area contributed by atoms with Crippen LogP contribution in [0, 0.1) is 6.92 Å². The van der Waals surface area contributed by atoms with E-state index in [0.717, 1.165) is 16.7 Å². The first-order chi connectivity index (χ1) is 19.2. The fourth-order valence-electron chi connectivity index (χ4n) is 2.97. The van der Waals surface area contributed by atoms with Gasteiger partial charge in [0.2, 0.25) is 11.9 Å². The number of guanidine groups is 2. The lowest BCUT2D eigenvalue weighted by Crippen LogP contribution is -2.22. The lowest BCUT2D eigenvalue weighted by molar-refractivity contribution is 0.262. The van der Waals surface area contributed by atoms with Gasteiger partial charge in [-0.15, -0.1) is 10.2 Å². The molecule has 14 nitrogen and oxygen atoms in total. The van der Waals surface area contributed by atoms with Crippen LogP contribution in [0.2, 0.25) is 0 Å². The molecular formula is C26H32N10O4S. The number of urea groups is 1. The van der Waals surface area contributed by atoms with Gasteiger partial charge in [-0.3, -0.25) is 4.55 Å². The maximum absolute atomic E-state index is 12.2. The number of carbonyl (C=O) groups excluding carboxylic acids is 1. The van der Waals surface area contributed by atoms with Crippen molar-refractivity contribution in [3.05, 3.63) is 89.5 Å². The summed E-state index contributed by atoms with van der Waals surface area (Å²) in [6.07, 6.45) is 0. The Kier molecular flexibility index (Phi) is 11.5. The minimum Gasteiger partial charge on any atom is -0.369 e. The number of nitrogens with zero attached hydrogens (tertiary/aromatic N) is 4. The highest BCUT2D eigenvalue weighted by molar-refractivity contribution is 7.85. The van der Waals surface area contributed by atoms with Crippen molar-refractivity contribution in [1.82, 2.24) is 0 Å². The Morgan fingerprint density at radius 1 is 0.659 bits per heavy atom. The first kappa shape index (κ1) is 31.9. The van der Waals surface area contributed by atoms with Gasteiger partial charge in [-0.2, -0.15) is 18.6 Å². The van der Waals surface area contributed by atoms with Crippen molar-refractivity contribution in [2.24, 2.45) is 43.3 Å². The smallest absolute Gasteiger partial charge is 0.323 e. The third kappa shape index (κ3) is 11.6. The quantitative estimate of drug-likeness (QED) is 0.0944. The summed E-state index contributed by atoms with van der Waals surface area (Å²) in [5.74, 6) is -0.234. The number of anilines is 2. The molecule has 0 fully saturated rings. The summed E-state index contributed by atoms with van der Waals surface area (Å²) in [6.45, 7) is 5.39. The van der Waals surface area contributed by atoms with E-state index in [1.807, 2.05) is 6.92 Å². The molecule has 0 unspecified atom stereocenters. The van der Waals surface area contributed by atoms with E-state index in [-0.39, 0.29) is 22.8 Å². The number of rotatable bonds is 7.